The third-order valence-electron chi connectivity index (χ3n) is 2.42. The number of hydrogen-bond acceptors (Lipinski definition) is 3. The van der Waals surface area contributed by atoms with Crippen molar-refractivity contribution in [3.8, 4) is 0 Å². The van der Waals surface area contributed by atoms with Gasteiger partial charge in [0.15, 0.2) is 6.29 Å². The van der Waals surface area contributed by atoms with E-state index in [-0.39, 0.29) is 6.29 Å². The lowest BCUT2D eigenvalue weighted by Gasteiger charge is -2.16. The number of benzene rings is 1. The van der Waals surface area contributed by atoms with Crippen molar-refractivity contribution in [2.45, 2.75) is 38.4 Å². The minimum absolute atomic E-state index is 0.0964. The van der Waals surface area contributed by atoms with Gasteiger partial charge in [0.2, 0.25) is 0 Å². The van der Waals surface area contributed by atoms with Gasteiger partial charge in [-0.3, -0.25) is 0 Å². The molecule has 17 heavy (non-hydrogen) atoms. The van der Waals surface area contributed by atoms with E-state index in [1.54, 1.807) is 11.8 Å². The molecule has 1 aromatic rings. The Labute approximate surface area is 109 Å². The minimum Gasteiger partial charge on any atom is -0.352 e. The molecule has 0 aliphatic carbocycles. The van der Waals surface area contributed by atoms with Crippen LogP contribution in [0.15, 0.2) is 29.2 Å². The Kier molecular flexibility index (Phi) is 7.33. The summed E-state index contributed by atoms with van der Waals surface area (Å²) in [6, 6.07) is 8.69. The van der Waals surface area contributed by atoms with Gasteiger partial charge in [-0.25, -0.2) is 0 Å². The Morgan fingerprint density at radius 2 is 1.59 bits per heavy atom. The second-order valence-electron chi connectivity index (χ2n) is 3.65. The van der Waals surface area contributed by atoms with E-state index in [4.69, 9.17) is 9.47 Å². The lowest BCUT2D eigenvalue weighted by molar-refractivity contribution is -0.120. The SMILES string of the molecule is CCOC(CSc1ccc(CC)cc1)OCC. The molecule has 0 aliphatic heterocycles. The first kappa shape index (κ1) is 14.6. The molecule has 0 aliphatic rings. The largest absolute Gasteiger partial charge is 0.352 e. The molecule has 3 heteroatoms. The molecule has 0 fully saturated rings. The number of hydrogen-bond donors (Lipinski definition) is 0. The summed E-state index contributed by atoms with van der Waals surface area (Å²) >= 11 is 1.78. The fourth-order valence-electron chi connectivity index (χ4n) is 1.50. The van der Waals surface area contributed by atoms with Gasteiger partial charge in [-0.05, 0) is 38.0 Å². The van der Waals surface area contributed by atoms with Crippen LogP contribution >= 0.6 is 11.8 Å². The van der Waals surface area contributed by atoms with Crippen LogP contribution in [-0.2, 0) is 15.9 Å². The maximum Gasteiger partial charge on any atom is 0.166 e. The molecule has 0 heterocycles. The van der Waals surface area contributed by atoms with Gasteiger partial charge in [0, 0.05) is 23.9 Å². The molecule has 0 N–H and O–H groups in total. The average molecular weight is 254 g/mol. The normalized spacial score (nSPS) is 11.1. The van der Waals surface area contributed by atoms with Gasteiger partial charge >= 0.3 is 0 Å². The molecule has 0 unspecified atom stereocenters. The molecule has 1 aromatic carbocycles. The van der Waals surface area contributed by atoms with Gasteiger partial charge in [-0.1, -0.05) is 19.1 Å². The van der Waals surface area contributed by atoms with Crippen molar-refractivity contribution in [2.75, 3.05) is 19.0 Å². The molecule has 0 bridgehead atoms. The van der Waals surface area contributed by atoms with Gasteiger partial charge in [0.05, 0.1) is 0 Å². The van der Waals surface area contributed by atoms with Crippen molar-refractivity contribution >= 4 is 11.8 Å². The van der Waals surface area contributed by atoms with E-state index in [0.29, 0.717) is 13.2 Å². The highest BCUT2D eigenvalue weighted by atomic mass is 32.2. The average Bonchev–Trinajstić information content (AvgIpc) is 2.37. The monoisotopic (exact) mass is 254 g/mol. The molecule has 0 spiro atoms. The highest BCUT2D eigenvalue weighted by molar-refractivity contribution is 7.99. The number of ether oxygens (including phenoxy) is 2. The van der Waals surface area contributed by atoms with Crippen molar-refractivity contribution in [1.29, 1.82) is 0 Å². The molecule has 0 atom stereocenters. The first-order chi connectivity index (χ1) is 8.30. The van der Waals surface area contributed by atoms with Crippen LogP contribution in [0.25, 0.3) is 0 Å². The molecular formula is C14H22O2S. The van der Waals surface area contributed by atoms with Gasteiger partial charge in [-0.2, -0.15) is 0 Å². The van der Waals surface area contributed by atoms with E-state index in [1.807, 2.05) is 13.8 Å². The summed E-state index contributed by atoms with van der Waals surface area (Å²) in [5.41, 5.74) is 1.38. The van der Waals surface area contributed by atoms with E-state index >= 15 is 0 Å². The molecule has 2 nitrogen and oxygen atoms in total. The summed E-state index contributed by atoms with van der Waals surface area (Å²) in [4.78, 5) is 1.27. The Morgan fingerprint density at radius 3 is 2.06 bits per heavy atom. The van der Waals surface area contributed by atoms with E-state index < -0.39 is 0 Å². The quantitative estimate of drug-likeness (QED) is 0.520. The highest BCUT2D eigenvalue weighted by Crippen LogP contribution is 2.20. The first-order valence-electron chi connectivity index (χ1n) is 6.25. The molecule has 1 rings (SSSR count). The molecule has 0 saturated carbocycles. The standard InChI is InChI=1S/C14H22O2S/c1-4-12-7-9-13(10-8-12)17-11-14(15-5-2)16-6-3/h7-10,14H,4-6,11H2,1-3H3. The van der Waals surface area contributed by atoms with Crippen molar-refractivity contribution in [1.82, 2.24) is 0 Å². The predicted octanol–water partition coefficient (Wildman–Crippen LogP) is 3.74. The zero-order valence-electron chi connectivity index (χ0n) is 10.9. The van der Waals surface area contributed by atoms with Gasteiger partial charge < -0.3 is 9.47 Å². The van der Waals surface area contributed by atoms with Crippen LogP contribution in [-0.4, -0.2) is 25.3 Å². The zero-order chi connectivity index (χ0) is 12.5. The summed E-state index contributed by atoms with van der Waals surface area (Å²) in [5, 5.41) is 0. The van der Waals surface area contributed by atoms with Crippen LogP contribution < -0.4 is 0 Å². The van der Waals surface area contributed by atoms with Crippen molar-refractivity contribution in [2.24, 2.45) is 0 Å². The van der Waals surface area contributed by atoms with E-state index in [1.165, 1.54) is 10.5 Å². The lowest BCUT2D eigenvalue weighted by Crippen LogP contribution is -2.19. The van der Waals surface area contributed by atoms with E-state index in [2.05, 4.69) is 31.2 Å². The summed E-state index contributed by atoms with van der Waals surface area (Å²) < 4.78 is 11.0. The molecule has 0 aromatic heterocycles. The third-order valence-corrected chi connectivity index (χ3v) is 3.47. The van der Waals surface area contributed by atoms with Crippen molar-refractivity contribution < 1.29 is 9.47 Å². The fourth-order valence-corrected chi connectivity index (χ4v) is 2.35. The topological polar surface area (TPSA) is 18.5 Å². The summed E-state index contributed by atoms with van der Waals surface area (Å²) in [6.45, 7) is 7.54. The van der Waals surface area contributed by atoms with Gasteiger partial charge in [-0.15, -0.1) is 11.8 Å². The zero-order valence-corrected chi connectivity index (χ0v) is 11.8. The van der Waals surface area contributed by atoms with Gasteiger partial charge in [0.1, 0.15) is 0 Å². The summed E-state index contributed by atoms with van der Waals surface area (Å²) in [5.74, 6) is 0.840. The second-order valence-corrected chi connectivity index (χ2v) is 4.74. The van der Waals surface area contributed by atoms with Crippen LogP contribution in [0.2, 0.25) is 0 Å². The maximum absolute atomic E-state index is 5.51. The molecule has 0 radical (unpaired) electrons. The van der Waals surface area contributed by atoms with Crippen LogP contribution in [0.4, 0.5) is 0 Å². The Balaban J connectivity index is 2.41. The third kappa shape index (κ3) is 5.57. The van der Waals surface area contributed by atoms with Crippen LogP contribution in [0.1, 0.15) is 26.3 Å². The number of aryl methyl sites for hydroxylation is 1. The molecule has 96 valence electrons. The summed E-state index contributed by atoms with van der Waals surface area (Å²) in [7, 11) is 0. The minimum atomic E-state index is -0.0964. The Morgan fingerprint density at radius 1 is 1.00 bits per heavy atom. The molecular weight excluding hydrogens is 232 g/mol. The van der Waals surface area contributed by atoms with Gasteiger partial charge in [0.25, 0.3) is 0 Å². The van der Waals surface area contributed by atoms with E-state index in [9.17, 15) is 0 Å². The van der Waals surface area contributed by atoms with Crippen LogP contribution in [0.3, 0.4) is 0 Å². The van der Waals surface area contributed by atoms with Crippen molar-refractivity contribution in [3.05, 3.63) is 29.8 Å². The Hall–Kier alpha value is -0.510. The Bertz CT molecular complexity index is 292. The lowest BCUT2D eigenvalue weighted by atomic mass is 10.2. The smallest absolute Gasteiger partial charge is 0.166 e. The number of thioether (sulfide) groups is 1. The van der Waals surface area contributed by atoms with Crippen LogP contribution in [0, 0.1) is 0 Å². The maximum atomic E-state index is 5.51. The highest BCUT2D eigenvalue weighted by Gasteiger charge is 2.08. The predicted molar refractivity (Wildman–Crippen MR) is 73.6 cm³/mol. The van der Waals surface area contributed by atoms with Crippen LogP contribution in [0.5, 0.6) is 0 Å². The summed E-state index contributed by atoms with van der Waals surface area (Å²) in [6.07, 6.45) is 0.992. The molecule has 0 saturated heterocycles. The fraction of sp³-hybridized carbons (Fsp3) is 0.571. The number of rotatable bonds is 8. The van der Waals surface area contributed by atoms with Crippen molar-refractivity contribution in [3.63, 3.8) is 0 Å². The molecule has 0 amide bonds. The first-order valence-corrected chi connectivity index (χ1v) is 7.23. The van der Waals surface area contributed by atoms with E-state index in [0.717, 1.165) is 12.2 Å². The second kappa shape index (κ2) is 8.56.